The van der Waals surface area contributed by atoms with Crippen LogP contribution >= 0.6 is 23.1 Å². The molecular weight excluding hydrogens is 262 g/mol. The number of imide groups is 1. The van der Waals surface area contributed by atoms with Gasteiger partial charge in [0.1, 0.15) is 4.88 Å². The second-order valence-electron chi connectivity index (χ2n) is 3.55. The van der Waals surface area contributed by atoms with E-state index in [4.69, 9.17) is 5.11 Å². The molecule has 0 spiro atoms. The van der Waals surface area contributed by atoms with E-state index in [1.54, 1.807) is 5.38 Å². The van der Waals surface area contributed by atoms with E-state index in [2.05, 4.69) is 0 Å². The summed E-state index contributed by atoms with van der Waals surface area (Å²) in [7, 11) is 1.46. The van der Waals surface area contributed by atoms with Crippen molar-refractivity contribution >= 4 is 40.9 Å². The molecule has 17 heavy (non-hydrogen) atoms. The van der Waals surface area contributed by atoms with Crippen LogP contribution in [0.5, 0.6) is 0 Å². The Morgan fingerprint density at radius 3 is 2.76 bits per heavy atom. The van der Waals surface area contributed by atoms with E-state index in [0.29, 0.717) is 4.90 Å². The summed E-state index contributed by atoms with van der Waals surface area (Å²) in [5.74, 6) is -1.39. The summed E-state index contributed by atoms with van der Waals surface area (Å²) in [4.78, 5) is 35.7. The summed E-state index contributed by atoms with van der Waals surface area (Å²) in [5.41, 5.74) is 0. The molecule has 0 radical (unpaired) electrons. The molecule has 1 N–H and O–H groups in total. The molecule has 7 heteroatoms. The molecular formula is C10H9NO4S2. The zero-order valence-corrected chi connectivity index (χ0v) is 10.5. The minimum absolute atomic E-state index is 0.179. The molecule has 1 aliphatic heterocycles. The topological polar surface area (TPSA) is 74.7 Å². The molecule has 5 nitrogen and oxygen atoms in total. The van der Waals surface area contributed by atoms with Gasteiger partial charge >= 0.3 is 5.97 Å². The van der Waals surface area contributed by atoms with Crippen molar-refractivity contribution in [2.75, 3.05) is 7.05 Å². The van der Waals surface area contributed by atoms with Gasteiger partial charge in [-0.2, -0.15) is 0 Å². The monoisotopic (exact) mass is 271 g/mol. The first-order valence-corrected chi connectivity index (χ1v) is 6.54. The number of nitrogens with zero attached hydrogens (tertiary/aromatic N) is 1. The van der Waals surface area contributed by atoms with E-state index in [1.165, 1.54) is 24.9 Å². The quantitative estimate of drug-likeness (QED) is 0.839. The van der Waals surface area contributed by atoms with Crippen molar-refractivity contribution in [3.63, 3.8) is 0 Å². The predicted octanol–water partition coefficient (Wildman–Crippen LogP) is 1.30. The lowest BCUT2D eigenvalue weighted by atomic mass is 10.4. The highest BCUT2D eigenvalue weighted by Gasteiger charge is 2.36. The van der Waals surface area contributed by atoms with Crippen molar-refractivity contribution in [2.24, 2.45) is 0 Å². The highest BCUT2D eigenvalue weighted by Crippen LogP contribution is 2.33. The molecule has 1 aromatic rings. The number of likely N-dealkylation sites (tertiary alicyclic amines) is 1. The summed E-state index contributed by atoms with van der Waals surface area (Å²) < 4.78 is 0. The number of aromatic carboxylic acids is 1. The van der Waals surface area contributed by atoms with Gasteiger partial charge in [0.15, 0.2) is 0 Å². The van der Waals surface area contributed by atoms with Gasteiger partial charge in [-0.3, -0.25) is 14.5 Å². The molecule has 1 unspecified atom stereocenters. The number of rotatable bonds is 3. The second-order valence-corrected chi connectivity index (χ2v) is 5.74. The van der Waals surface area contributed by atoms with Crippen molar-refractivity contribution in [1.82, 2.24) is 4.90 Å². The van der Waals surface area contributed by atoms with E-state index in [0.717, 1.165) is 16.2 Å². The van der Waals surface area contributed by atoms with Gasteiger partial charge in [0.25, 0.3) is 0 Å². The van der Waals surface area contributed by atoms with Gasteiger partial charge in [-0.25, -0.2) is 4.79 Å². The maximum atomic E-state index is 11.6. The zero-order valence-electron chi connectivity index (χ0n) is 8.87. The number of thioether (sulfide) groups is 1. The number of carbonyl (C=O) groups is 3. The third-order valence-electron chi connectivity index (χ3n) is 2.40. The summed E-state index contributed by atoms with van der Waals surface area (Å²) in [5, 5.41) is 10.0. The van der Waals surface area contributed by atoms with Crippen molar-refractivity contribution in [3.05, 3.63) is 16.3 Å². The second kappa shape index (κ2) is 4.50. The van der Waals surface area contributed by atoms with Crippen LogP contribution in [-0.2, 0) is 9.59 Å². The lowest BCUT2D eigenvalue weighted by Crippen LogP contribution is -2.26. The lowest BCUT2D eigenvalue weighted by Gasteiger charge is -2.06. The van der Waals surface area contributed by atoms with E-state index in [9.17, 15) is 14.4 Å². The smallest absolute Gasteiger partial charge is 0.345 e. The molecule has 1 aliphatic rings. The third kappa shape index (κ3) is 2.34. The molecule has 0 aliphatic carbocycles. The third-order valence-corrected chi connectivity index (χ3v) is 4.63. The van der Waals surface area contributed by atoms with Crippen LogP contribution in [0, 0.1) is 0 Å². The fraction of sp³-hybridized carbons (Fsp3) is 0.300. The van der Waals surface area contributed by atoms with E-state index in [-0.39, 0.29) is 23.1 Å². The molecule has 0 aromatic carbocycles. The van der Waals surface area contributed by atoms with E-state index < -0.39 is 11.2 Å². The van der Waals surface area contributed by atoms with Crippen LogP contribution < -0.4 is 0 Å². The zero-order chi connectivity index (χ0) is 12.6. The van der Waals surface area contributed by atoms with Crippen LogP contribution in [0.2, 0.25) is 0 Å². The fourth-order valence-corrected chi connectivity index (χ4v) is 3.52. The summed E-state index contributed by atoms with van der Waals surface area (Å²) in [6, 6.07) is 1.52. The van der Waals surface area contributed by atoms with Crippen LogP contribution in [0.15, 0.2) is 16.3 Å². The van der Waals surface area contributed by atoms with Gasteiger partial charge in [0.05, 0.1) is 5.25 Å². The number of carboxylic acid groups (broad SMARTS) is 1. The van der Waals surface area contributed by atoms with Crippen molar-refractivity contribution in [1.29, 1.82) is 0 Å². The van der Waals surface area contributed by atoms with Crippen LogP contribution in [0.4, 0.5) is 0 Å². The van der Waals surface area contributed by atoms with Gasteiger partial charge in [-0.15, -0.1) is 23.1 Å². The standard InChI is InChI=1S/C10H9NO4S2/c1-11-8(12)3-6(9(11)13)17-5-2-7(10(14)15)16-4-5/h2,4,6H,3H2,1H3,(H,14,15). The molecule has 0 bridgehead atoms. The Morgan fingerprint density at radius 2 is 2.29 bits per heavy atom. The van der Waals surface area contributed by atoms with Crippen LogP contribution in [-0.4, -0.2) is 40.1 Å². The summed E-state index contributed by atoms with van der Waals surface area (Å²) in [6.45, 7) is 0. The first-order chi connectivity index (χ1) is 7.99. The van der Waals surface area contributed by atoms with Crippen molar-refractivity contribution < 1.29 is 19.5 Å². The molecule has 1 atom stereocenters. The van der Waals surface area contributed by atoms with Crippen LogP contribution in [0.3, 0.4) is 0 Å². The number of carbonyl (C=O) groups excluding carboxylic acids is 2. The summed E-state index contributed by atoms with van der Waals surface area (Å²) in [6.07, 6.45) is 0.179. The number of hydrogen-bond acceptors (Lipinski definition) is 5. The normalized spacial score (nSPS) is 20.1. The first-order valence-electron chi connectivity index (χ1n) is 4.78. The van der Waals surface area contributed by atoms with E-state index >= 15 is 0 Å². The average Bonchev–Trinajstić information content (AvgIpc) is 2.82. The Kier molecular flexibility index (Phi) is 3.21. The number of carboxylic acids is 1. The van der Waals surface area contributed by atoms with Gasteiger partial charge in [-0.05, 0) is 6.07 Å². The molecule has 90 valence electrons. The number of hydrogen-bond donors (Lipinski definition) is 1. The molecule has 2 amide bonds. The maximum Gasteiger partial charge on any atom is 0.345 e. The molecule has 2 heterocycles. The Hall–Kier alpha value is -1.34. The predicted molar refractivity (Wildman–Crippen MR) is 63.3 cm³/mol. The SMILES string of the molecule is CN1C(=O)CC(Sc2csc(C(=O)O)c2)C1=O. The Labute approximate surface area is 105 Å². The Balaban J connectivity index is 2.09. The van der Waals surface area contributed by atoms with Crippen molar-refractivity contribution in [2.45, 2.75) is 16.6 Å². The van der Waals surface area contributed by atoms with E-state index in [1.807, 2.05) is 0 Å². The van der Waals surface area contributed by atoms with Gasteiger partial charge in [-0.1, -0.05) is 0 Å². The highest BCUT2D eigenvalue weighted by molar-refractivity contribution is 8.00. The first kappa shape index (κ1) is 12.1. The Morgan fingerprint density at radius 1 is 1.59 bits per heavy atom. The minimum Gasteiger partial charge on any atom is -0.477 e. The molecule has 1 aromatic heterocycles. The van der Waals surface area contributed by atoms with Crippen LogP contribution in [0.1, 0.15) is 16.1 Å². The van der Waals surface area contributed by atoms with Gasteiger partial charge < -0.3 is 5.11 Å². The number of amides is 2. The lowest BCUT2D eigenvalue weighted by molar-refractivity contribution is -0.136. The molecule has 1 saturated heterocycles. The molecule has 1 fully saturated rings. The minimum atomic E-state index is -0.979. The van der Waals surface area contributed by atoms with Gasteiger partial charge in [0, 0.05) is 23.7 Å². The van der Waals surface area contributed by atoms with Crippen LogP contribution in [0.25, 0.3) is 0 Å². The largest absolute Gasteiger partial charge is 0.477 e. The maximum absolute atomic E-state index is 11.6. The van der Waals surface area contributed by atoms with Crippen molar-refractivity contribution in [3.8, 4) is 0 Å². The fourth-order valence-electron chi connectivity index (χ4n) is 1.47. The average molecular weight is 271 g/mol. The highest BCUT2D eigenvalue weighted by atomic mass is 32.2. The van der Waals surface area contributed by atoms with Gasteiger partial charge in [0.2, 0.25) is 11.8 Å². The molecule has 0 saturated carbocycles. The summed E-state index contributed by atoms with van der Waals surface area (Å²) >= 11 is 2.35. The number of thiophene rings is 1. The molecule has 2 rings (SSSR count). The Bertz CT molecular complexity index is 496.